The van der Waals surface area contributed by atoms with E-state index in [9.17, 15) is 4.79 Å². The standard InChI is InChI=1S/C19H17N3O3/c1-13(19(23)22-11-10-14-4-2-3-5-17(14)22)25-16-8-6-15(7-9-16)18-21-20-12-24-18/h2-9,12-13H,10-11H2,1H3/t13-/m0/s1. The van der Waals surface area contributed by atoms with Gasteiger partial charge in [-0.15, -0.1) is 10.2 Å². The number of benzene rings is 2. The zero-order valence-corrected chi connectivity index (χ0v) is 13.8. The van der Waals surface area contributed by atoms with Crippen molar-refractivity contribution in [2.75, 3.05) is 11.4 Å². The summed E-state index contributed by atoms with van der Waals surface area (Å²) in [7, 11) is 0. The van der Waals surface area contributed by atoms with Gasteiger partial charge >= 0.3 is 0 Å². The van der Waals surface area contributed by atoms with Gasteiger partial charge in [0.25, 0.3) is 5.91 Å². The minimum atomic E-state index is -0.569. The van der Waals surface area contributed by atoms with Crippen molar-refractivity contribution >= 4 is 11.6 Å². The van der Waals surface area contributed by atoms with Crippen LogP contribution in [-0.4, -0.2) is 28.8 Å². The SMILES string of the molecule is C[C@H](Oc1ccc(-c2nnco2)cc1)C(=O)N1CCc2ccccc21. The fourth-order valence-electron chi connectivity index (χ4n) is 3.02. The van der Waals surface area contributed by atoms with E-state index in [4.69, 9.17) is 9.15 Å². The Morgan fingerprint density at radius 3 is 2.76 bits per heavy atom. The van der Waals surface area contributed by atoms with Crippen LogP contribution in [0.5, 0.6) is 5.75 Å². The first-order valence-corrected chi connectivity index (χ1v) is 8.15. The van der Waals surface area contributed by atoms with Crippen LogP contribution >= 0.6 is 0 Å². The Kier molecular flexibility index (Phi) is 3.93. The lowest BCUT2D eigenvalue weighted by Gasteiger charge is -2.22. The number of fused-ring (bicyclic) bond motifs is 1. The van der Waals surface area contributed by atoms with Gasteiger partial charge in [0.15, 0.2) is 6.10 Å². The van der Waals surface area contributed by atoms with Crippen molar-refractivity contribution in [1.29, 1.82) is 0 Å². The van der Waals surface area contributed by atoms with Crippen LogP contribution in [0.2, 0.25) is 0 Å². The molecular formula is C19H17N3O3. The smallest absolute Gasteiger partial charge is 0.267 e. The van der Waals surface area contributed by atoms with Crippen LogP contribution in [0.25, 0.3) is 11.5 Å². The van der Waals surface area contributed by atoms with Gasteiger partial charge < -0.3 is 14.1 Å². The van der Waals surface area contributed by atoms with E-state index >= 15 is 0 Å². The highest BCUT2D eigenvalue weighted by Crippen LogP contribution is 2.28. The molecule has 2 aromatic carbocycles. The lowest BCUT2D eigenvalue weighted by molar-refractivity contribution is -0.124. The average Bonchev–Trinajstić information content (AvgIpc) is 3.31. The quantitative estimate of drug-likeness (QED) is 0.733. The van der Waals surface area contributed by atoms with Crippen LogP contribution in [0.4, 0.5) is 5.69 Å². The van der Waals surface area contributed by atoms with Gasteiger partial charge in [0, 0.05) is 17.8 Å². The Balaban J connectivity index is 1.45. The van der Waals surface area contributed by atoms with E-state index in [0.29, 0.717) is 18.2 Å². The molecule has 2 heterocycles. The van der Waals surface area contributed by atoms with Gasteiger partial charge in [0.05, 0.1) is 0 Å². The summed E-state index contributed by atoms with van der Waals surface area (Å²) in [5.74, 6) is 1.03. The number of anilines is 1. The summed E-state index contributed by atoms with van der Waals surface area (Å²) in [6, 6.07) is 15.2. The van der Waals surface area contributed by atoms with Crippen molar-refractivity contribution in [2.45, 2.75) is 19.4 Å². The molecule has 0 aliphatic carbocycles. The lowest BCUT2D eigenvalue weighted by Crippen LogP contribution is -2.39. The molecule has 0 saturated heterocycles. The van der Waals surface area contributed by atoms with Crippen LogP contribution in [0, 0.1) is 0 Å². The summed E-state index contributed by atoms with van der Waals surface area (Å²) in [5, 5.41) is 7.52. The summed E-state index contributed by atoms with van der Waals surface area (Å²) >= 11 is 0. The van der Waals surface area contributed by atoms with E-state index < -0.39 is 6.10 Å². The number of hydrogen-bond acceptors (Lipinski definition) is 5. The minimum Gasteiger partial charge on any atom is -0.481 e. The van der Waals surface area contributed by atoms with Crippen molar-refractivity contribution in [1.82, 2.24) is 10.2 Å². The molecule has 0 saturated carbocycles. The molecule has 0 N–H and O–H groups in total. The number of aromatic nitrogens is 2. The average molecular weight is 335 g/mol. The molecule has 0 bridgehead atoms. The summed E-state index contributed by atoms with van der Waals surface area (Å²) < 4.78 is 11.0. The third kappa shape index (κ3) is 2.98. The van der Waals surface area contributed by atoms with Gasteiger partial charge in [0.1, 0.15) is 5.75 Å². The topological polar surface area (TPSA) is 68.5 Å². The number of amides is 1. The van der Waals surface area contributed by atoms with E-state index in [0.717, 1.165) is 17.7 Å². The fourth-order valence-corrected chi connectivity index (χ4v) is 3.02. The minimum absolute atomic E-state index is 0.0362. The highest BCUT2D eigenvalue weighted by molar-refractivity contribution is 5.98. The molecule has 25 heavy (non-hydrogen) atoms. The van der Waals surface area contributed by atoms with Crippen LogP contribution in [0.3, 0.4) is 0 Å². The Labute approximate surface area is 145 Å². The van der Waals surface area contributed by atoms with Crippen LogP contribution < -0.4 is 9.64 Å². The number of rotatable bonds is 4. The Hall–Kier alpha value is -3.15. The zero-order valence-electron chi connectivity index (χ0n) is 13.8. The van der Waals surface area contributed by atoms with Gasteiger partial charge in [-0.2, -0.15) is 0 Å². The zero-order chi connectivity index (χ0) is 17.2. The van der Waals surface area contributed by atoms with E-state index in [1.165, 1.54) is 12.0 Å². The molecular weight excluding hydrogens is 318 g/mol. The lowest BCUT2D eigenvalue weighted by atomic mass is 10.2. The van der Waals surface area contributed by atoms with Gasteiger partial charge in [-0.05, 0) is 49.2 Å². The van der Waals surface area contributed by atoms with Crippen LogP contribution in [-0.2, 0) is 11.2 Å². The Morgan fingerprint density at radius 2 is 2.00 bits per heavy atom. The number of carbonyl (C=O) groups excluding carboxylic acids is 1. The molecule has 1 aromatic heterocycles. The van der Waals surface area contributed by atoms with Crippen molar-refractivity contribution in [3.63, 3.8) is 0 Å². The van der Waals surface area contributed by atoms with E-state index in [1.807, 2.05) is 30.3 Å². The molecule has 0 unspecified atom stereocenters. The highest BCUT2D eigenvalue weighted by atomic mass is 16.5. The normalized spacial score (nSPS) is 14.2. The number of hydrogen-bond donors (Lipinski definition) is 0. The number of para-hydroxylation sites is 1. The molecule has 1 aliphatic heterocycles. The maximum atomic E-state index is 12.7. The fraction of sp³-hybridized carbons (Fsp3) is 0.211. The summed E-state index contributed by atoms with van der Waals surface area (Å²) in [6.45, 7) is 2.47. The largest absolute Gasteiger partial charge is 0.481 e. The van der Waals surface area contributed by atoms with Gasteiger partial charge in [-0.25, -0.2) is 0 Å². The molecule has 126 valence electrons. The molecule has 0 spiro atoms. The summed E-state index contributed by atoms with van der Waals surface area (Å²) in [5.41, 5.74) is 2.99. The first-order chi connectivity index (χ1) is 12.2. The van der Waals surface area contributed by atoms with Crippen LogP contribution in [0.1, 0.15) is 12.5 Å². The molecule has 0 radical (unpaired) electrons. The van der Waals surface area contributed by atoms with E-state index in [1.54, 1.807) is 24.0 Å². The van der Waals surface area contributed by atoms with Crippen molar-refractivity contribution in [3.8, 4) is 17.2 Å². The second kappa shape index (κ2) is 6.39. The molecule has 3 aromatic rings. The first-order valence-electron chi connectivity index (χ1n) is 8.15. The predicted molar refractivity (Wildman–Crippen MR) is 92.3 cm³/mol. The molecule has 1 amide bonds. The third-order valence-corrected chi connectivity index (χ3v) is 4.28. The van der Waals surface area contributed by atoms with E-state index in [2.05, 4.69) is 16.3 Å². The Bertz CT molecular complexity index is 875. The number of nitrogens with zero attached hydrogens (tertiary/aromatic N) is 3. The number of ether oxygens (including phenoxy) is 1. The van der Waals surface area contributed by atoms with Crippen LogP contribution in [0.15, 0.2) is 59.3 Å². The molecule has 1 aliphatic rings. The first kappa shape index (κ1) is 15.4. The second-order valence-corrected chi connectivity index (χ2v) is 5.90. The molecule has 0 fully saturated rings. The predicted octanol–water partition coefficient (Wildman–Crippen LogP) is 3.09. The summed E-state index contributed by atoms with van der Waals surface area (Å²) in [6.07, 6.45) is 1.60. The summed E-state index contributed by atoms with van der Waals surface area (Å²) in [4.78, 5) is 14.5. The second-order valence-electron chi connectivity index (χ2n) is 5.90. The van der Waals surface area contributed by atoms with Gasteiger partial charge in [-0.3, -0.25) is 4.79 Å². The Morgan fingerprint density at radius 1 is 1.20 bits per heavy atom. The van der Waals surface area contributed by atoms with Crippen molar-refractivity contribution in [2.24, 2.45) is 0 Å². The van der Waals surface area contributed by atoms with Crippen molar-refractivity contribution in [3.05, 3.63) is 60.5 Å². The third-order valence-electron chi connectivity index (χ3n) is 4.28. The number of carbonyl (C=O) groups is 1. The maximum Gasteiger partial charge on any atom is 0.267 e. The van der Waals surface area contributed by atoms with Gasteiger partial charge in [0.2, 0.25) is 12.3 Å². The molecule has 6 nitrogen and oxygen atoms in total. The van der Waals surface area contributed by atoms with Gasteiger partial charge in [-0.1, -0.05) is 18.2 Å². The maximum absolute atomic E-state index is 12.7. The monoisotopic (exact) mass is 335 g/mol. The molecule has 4 rings (SSSR count). The van der Waals surface area contributed by atoms with E-state index in [-0.39, 0.29) is 5.91 Å². The van der Waals surface area contributed by atoms with Crippen molar-refractivity contribution < 1.29 is 13.9 Å². The molecule has 6 heteroatoms. The highest BCUT2D eigenvalue weighted by Gasteiger charge is 2.28. The molecule has 1 atom stereocenters.